The Hall–Kier alpha value is -2.96. The number of urea groups is 1. The normalized spacial score (nSPS) is 10.5. The zero-order chi connectivity index (χ0) is 24.3. The van der Waals surface area contributed by atoms with Crippen molar-refractivity contribution in [2.24, 2.45) is 0 Å². The summed E-state index contributed by atoms with van der Waals surface area (Å²) in [6.07, 6.45) is 1.54. The molecule has 0 radical (unpaired) electrons. The molecule has 0 aliphatic rings. The van der Waals surface area contributed by atoms with Crippen LogP contribution in [0.2, 0.25) is 5.02 Å². The number of amides is 4. The Morgan fingerprint density at radius 2 is 1.88 bits per heavy atom. The van der Waals surface area contributed by atoms with Crippen molar-refractivity contribution in [3.05, 3.63) is 67.4 Å². The van der Waals surface area contributed by atoms with Gasteiger partial charge in [-0.15, -0.1) is 0 Å². The Labute approximate surface area is 210 Å². The molecule has 0 saturated carbocycles. The second-order valence-electron chi connectivity index (χ2n) is 6.71. The Morgan fingerprint density at radius 3 is 2.55 bits per heavy atom. The quantitative estimate of drug-likeness (QED) is 0.393. The lowest BCUT2D eigenvalue weighted by Gasteiger charge is -2.19. The van der Waals surface area contributed by atoms with E-state index in [9.17, 15) is 14.4 Å². The van der Waals surface area contributed by atoms with Gasteiger partial charge in [-0.2, -0.15) is 5.10 Å². The number of anilines is 1. The maximum atomic E-state index is 13.2. The minimum Gasteiger partial charge on any atom is -0.340 e. The molecule has 0 spiro atoms. The van der Waals surface area contributed by atoms with E-state index in [4.69, 9.17) is 11.6 Å². The van der Waals surface area contributed by atoms with Gasteiger partial charge in [0.15, 0.2) is 5.82 Å². The van der Waals surface area contributed by atoms with Gasteiger partial charge in [0.1, 0.15) is 5.69 Å². The van der Waals surface area contributed by atoms with Crippen molar-refractivity contribution >= 4 is 67.0 Å². The van der Waals surface area contributed by atoms with Gasteiger partial charge in [0.2, 0.25) is 0 Å². The van der Waals surface area contributed by atoms with Gasteiger partial charge in [-0.05, 0) is 53.2 Å². The van der Waals surface area contributed by atoms with E-state index in [1.807, 2.05) is 0 Å². The highest BCUT2D eigenvalue weighted by Crippen LogP contribution is 2.31. The monoisotopic (exact) mass is 597 g/mol. The number of rotatable bonds is 4. The second kappa shape index (κ2) is 10.3. The predicted molar refractivity (Wildman–Crippen MR) is 131 cm³/mol. The van der Waals surface area contributed by atoms with Gasteiger partial charge in [0, 0.05) is 29.2 Å². The fraction of sp³-hybridized carbons (Fsp3) is 0.150. The third-order valence-electron chi connectivity index (χ3n) is 4.33. The lowest BCUT2D eigenvalue weighted by Crippen LogP contribution is -2.47. The van der Waals surface area contributed by atoms with Crippen molar-refractivity contribution in [3.8, 4) is 5.82 Å². The molecule has 3 N–H and O–H groups in total. The summed E-state index contributed by atoms with van der Waals surface area (Å²) in [4.78, 5) is 42.1. The van der Waals surface area contributed by atoms with Crippen molar-refractivity contribution < 1.29 is 14.4 Å². The van der Waals surface area contributed by atoms with Crippen LogP contribution in [-0.2, 0) is 0 Å². The lowest BCUT2D eigenvalue weighted by molar-refractivity contribution is 0.0855. The molecule has 3 rings (SSSR count). The zero-order valence-electron chi connectivity index (χ0n) is 17.6. The third-order valence-corrected chi connectivity index (χ3v) is 5.71. The standard InChI is InChI=1S/C20H18Br2ClN7O3/c1-10-7-15(30(27-10)17-14(23)5-4-6-25-17)19(32)26-16-12(8-11(21)9-13(16)22)18(31)28-29(3)20(33)24-2/h4-9H,1-3H3,(H,24,33)(H,26,32)(H,28,31). The van der Waals surface area contributed by atoms with E-state index >= 15 is 0 Å². The molecular formula is C20H18Br2ClN7O3. The van der Waals surface area contributed by atoms with Crippen LogP contribution in [0.4, 0.5) is 10.5 Å². The summed E-state index contributed by atoms with van der Waals surface area (Å²) in [5.41, 5.74) is 3.49. The number of benzene rings is 1. The molecule has 2 heterocycles. The fourth-order valence-electron chi connectivity index (χ4n) is 2.84. The molecule has 0 aliphatic carbocycles. The molecule has 0 unspecified atom stereocenters. The van der Waals surface area contributed by atoms with Crippen LogP contribution in [0, 0.1) is 6.92 Å². The molecule has 0 saturated heterocycles. The number of carbonyl (C=O) groups excluding carboxylic acids is 3. The summed E-state index contributed by atoms with van der Waals surface area (Å²) < 4.78 is 2.36. The predicted octanol–water partition coefficient (Wildman–Crippen LogP) is 3.92. The Balaban J connectivity index is 1.98. The van der Waals surface area contributed by atoms with Gasteiger partial charge in [0.05, 0.1) is 22.0 Å². The summed E-state index contributed by atoms with van der Waals surface area (Å²) in [5.74, 6) is -0.873. The van der Waals surface area contributed by atoms with E-state index in [-0.39, 0.29) is 22.8 Å². The maximum Gasteiger partial charge on any atom is 0.335 e. The molecule has 3 aromatic rings. The maximum absolute atomic E-state index is 13.2. The first kappa shape index (κ1) is 24.7. The molecule has 2 aromatic heterocycles. The Morgan fingerprint density at radius 1 is 1.15 bits per heavy atom. The van der Waals surface area contributed by atoms with E-state index in [0.717, 1.165) is 5.01 Å². The molecule has 172 valence electrons. The van der Waals surface area contributed by atoms with Gasteiger partial charge in [-0.3, -0.25) is 15.0 Å². The van der Waals surface area contributed by atoms with Crippen LogP contribution in [0.5, 0.6) is 0 Å². The van der Waals surface area contributed by atoms with Gasteiger partial charge in [-0.25, -0.2) is 19.5 Å². The number of aryl methyl sites for hydroxylation is 1. The molecule has 13 heteroatoms. The minimum atomic E-state index is -0.615. The van der Waals surface area contributed by atoms with Gasteiger partial charge >= 0.3 is 6.03 Å². The van der Waals surface area contributed by atoms with Crippen LogP contribution in [0.25, 0.3) is 5.82 Å². The van der Waals surface area contributed by atoms with E-state index in [1.54, 1.807) is 31.2 Å². The molecule has 0 aliphatic heterocycles. The Kier molecular flexibility index (Phi) is 7.72. The van der Waals surface area contributed by atoms with Crippen LogP contribution in [0.15, 0.2) is 45.5 Å². The SMILES string of the molecule is CNC(=O)N(C)NC(=O)c1cc(Br)cc(Br)c1NC(=O)c1cc(C)nn1-c1ncccc1Cl. The first-order valence-corrected chi connectivity index (χ1v) is 11.3. The van der Waals surface area contributed by atoms with Crippen LogP contribution in [0.1, 0.15) is 26.5 Å². The first-order valence-electron chi connectivity index (χ1n) is 9.36. The number of nitrogens with zero attached hydrogens (tertiary/aromatic N) is 4. The van der Waals surface area contributed by atoms with Crippen LogP contribution < -0.4 is 16.1 Å². The van der Waals surface area contributed by atoms with Crippen molar-refractivity contribution in [1.82, 2.24) is 30.5 Å². The number of pyridine rings is 1. The molecule has 33 heavy (non-hydrogen) atoms. The number of nitrogens with one attached hydrogen (secondary N) is 3. The third kappa shape index (κ3) is 5.52. The largest absolute Gasteiger partial charge is 0.340 e. The molecule has 1 aromatic carbocycles. The highest BCUT2D eigenvalue weighted by molar-refractivity contribution is 9.11. The molecule has 0 atom stereocenters. The van der Waals surface area contributed by atoms with Crippen LogP contribution in [0.3, 0.4) is 0 Å². The van der Waals surface area contributed by atoms with Crippen molar-refractivity contribution in [2.45, 2.75) is 6.92 Å². The molecule has 0 bridgehead atoms. The van der Waals surface area contributed by atoms with E-state index in [0.29, 0.717) is 19.7 Å². The Bertz CT molecular complexity index is 1250. The summed E-state index contributed by atoms with van der Waals surface area (Å²) in [6, 6.07) is 7.56. The lowest BCUT2D eigenvalue weighted by atomic mass is 10.1. The molecule has 4 amide bonds. The van der Waals surface area contributed by atoms with Gasteiger partial charge in [0.25, 0.3) is 11.8 Å². The van der Waals surface area contributed by atoms with Gasteiger partial charge < -0.3 is 10.6 Å². The summed E-state index contributed by atoms with van der Waals surface area (Å²) in [5, 5.41) is 10.8. The van der Waals surface area contributed by atoms with Gasteiger partial charge in [-0.1, -0.05) is 27.5 Å². The van der Waals surface area contributed by atoms with E-state index in [1.165, 1.54) is 31.0 Å². The summed E-state index contributed by atoms with van der Waals surface area (Å²) in [6.45, 7) is 1.73. The minimum absolute atomic E-state index is 0.110. The molecule has 0 fully saturated rings. The highest BCUT2D eigenvalue weighted by Gasteiger charge is 2.23. The van der Waals surface area contributed by atoms with Crippen molar-refractivity contribution in [2.75, 3.05) is 19.4 Å². The number of hydrazine groups is 1. The summed E-state index contributed by atoms with van der Waals surface area (Å²) in [7, 11) is 2.82. The number of hydrogen-bond acceptors (Lipinski definition) is 5. The highest BCUT2D eigenvalue weighted by atomic mass is 79.9. The number of hydrogen-bond donors (Lipinski definition) is 3. The zero-order valence-corrected chi connectivity index (χ0v) is 21.5. The fourth-order valence-corrected chi connectivity index (χ4v) is 4.37. The topological polar surface area (TPSA) is 121 Å². The van der Waals surface area contributed by atoms with Crippen LogP contribution in [-0.4, -0.2) is 51.7 Å². The number of carbonyl (C=O) groups is 3. The molecule has 10 nitrogen and oxygen atoms in total. The average molecular weight is 600 g/mol. The molecular weight excluding hydrogens is 582 g/mol. The average Bonchev–Trinajstić information content (AvgIpc) is 3.16. The smallest absolute Gasteiger partial charge is 0.335 e. The summed E-state index contributed by atoms with van der Waals surface area (Å²) >= 11 is 13.0. The second-order valence-corrected chi connectivity index (χ2v) is 8.89. The number of halogens is 3. The first-order chi connectivity index (χ1) is 15.6. The van der Waals surface area contributed by atoms with E-state index in [2.05, 4.69) is 58.0 Å². The number of aromatic nitrogens is 3. The van der Waals surface area contributed by atoms with E-state index < -0.39 is 17.8 Å². The van der Waals surface area contributed by atoms with Crippen molar-refractivity contribution in [3.63, 3.8) is 0 Å². The van der Waals surface area contributed by atoms with Crippen molar-refractivity contribution in [1.29, 1.82) is 0 Å². The van der Waals surface area contributed by atoms with Crippen LogP contribution >= 0.6 is 43.5 Å².